The van der Waals surface area contributed by atoms with Crippen molar-refractivity contribution in [2.45, 2.75) is 32.2 Å². The zero-order chi connectivity index (χ0) is 19.6. The van der Waals surface area contributed by atoms with E-state index < -0.39 is 12.0 Å². The first-order chi connectivity index (χ1) is 12.9. The Bertz CT molecular complexity index is 874. The fraction of sp³-hybridized carbons (Fsp3) is 0.381. The highest BCUT2D eigenvalue weighted by Gasteiger charge is 2.47. The Morgan fingerprint density at radius 3 is 2.59 bits per heavy atom. The number of benzene rings is 2. The third-order valence-electron chi connectivity index (χ3n) is 5.17. The van der Waals surface area contributed by atoms with Crippen LogP contribution in [0.4, 0.5) is 0 Å². The monoisotopic (exact) mass is 368 g/mol. The molecule has 1 aliphatic rings. The highest BCUT2D eigenvalue weighted by atomic mass is 16.4. The van der Waals surface area contributed by atoms with Crippen molar-refractivity contribution in [3.05, 3.63) is 48.0 Å². The number of nitrogens with one attached hydrogen (secondary N) is 1. The predicted octanol–water partition coefficient (Wildman–Crippen LogP) is 2.38. The minimum atomic E-state index is -1.05. The molecule has 0 aliphatic heterocycles. The molecule has 1 fully saturated rings. The number of amides is 2. The van der Waals surface area contributed by atoms with Gasteiger partial charge in [0.2, 0.25) is 11.8 Å². The van der Waals surface area contributed by atoms with Crippen LogP contribution in [-0.4, -0.2) is 46.9 Å². The molecule has 2 N–H and O–H groups in total. The van der Waals surface area contributed by atoms with Gasteiger partial charge < -0.3 is 15.3 Å². The van der Waals surface area contributed by atoms with Gasteiger partial charge in [-0.3, -0.25) is 9.59 Å². The molecule has 142 valence electrons. The fourth-order valence-electron chi connectivity index (χ4n) is 3.58. The molecule has 2 aromatic carbocycles. The molecule has 2 aromatic rings. The number of rotatable bonds is 7. The van der Waals surface area contributed by atoms with E-state index in [0.717, 1.165) is 22.8 Å². The number of carbonyl (C=O) groups excluding carboxylic acids is 2. The summed E-state index contributed by atoms with van der Waals surface area (Å²) in [4.78, 5) is 36.9. The van der Waals surface area contributed by atoms with E-state index >= 15 is 0 Å². The van der Waals surface area contributed by atoms with Crippen LogP contribution in [0.15, 0.2) is 42.5 Å². The molecule has 0 heterocycles. The van der Waals surface area contributed by atoms with E-state index in [4.69, 9.17) is 0 Å². The smallest absolute Gasteiger partial charge is 0.326 e. The molecule has 0 bridgehead atoms. The summed E-state index contributed by atoms with van der Waals surface area (Å²) in [6.07, 6.45) is 0.718. The van der Waals surface area contributed by atoms with Gasteiger partial charge in [-0.15, -0.1) is 0 Å². The first kappa shape index (κ1) is 18.9. The van der Waals surface area contributed by atoms with Gasteiger partial charge in [0.15, 0.2) is 0 Å². The fourth-order valence-corrected chi connectivity index (χ4v) is 3.58. The highest BCUT2D eigenvalue weighted by Crippen LogP contribution is 2.50. The van der Waals surface area contributed by atoms with Gasteiger partial charge in [0.05, 0.1) is 0 Å². The van der Waals surface area contributed by atoms with Crippen molar-refractivity contribution < 1.29 is 19.5 Å². The summed E-state index contributed by atoms with van der Waals surface area (Å²) in [6.45, 7) is 3.32. The average molecular weight is 368 g/mol. The van der Waals surface area contributed by atoms with Crippen LogP contribution in [0.3, 0.4) is 0 Å². The van der Waals surface area contributed by atoms with Gasteiger partial charge >= 0.3 is 5.97 Å². The van der Waals surface area contributed by atoms with Gasteiger partial charge in [-0.2, -0.15) is 0 Å². The Hall–Kier alpha value is -2.89. The van der Waals surface area contributed by atoms with Crippen LogP contribution in [0.1, 0.15) is 31.7 Å². The molecule has 0 spiro atoms. The standard InChI is InChI=1S/C21H24N2O4/c1-13(21(26)27)23(11-10-22-14(2)24)20(25)19-12-18(19)17-9-5-7-15-6-3-4-8-16(15)17/h3-9,13,18-19H,10-12H2,1-2H3,(H,22,24)(H,26,27). The predicted molar refractivity (Wildman–Crippen MR) is 102 cm³/mol. The van der Waals surface area contributed by atoms with E-state index in [-0.39, 0.29) is 36.7 Å². The van der Waals surface area contributed by atoms with Crippen molar-refractivity contribution in [2.24, 2.45) is 5.92 Å². The SMILES string of the molecule is CC(=O)NCCN(C(=O)C1CC1c1cccc2ccccc12)C(C)C(=O)O. The normalized spacial score (nSPS) is 19.3. The number of carboxylic acid groups (broad SMARTS) is 1. The Labute approximate surface area is 158 Å². The first-order valence-corrected chi connectivity index (χ1v) is 9.15. The maximum absolute atomic E-state index is 13.0. The molecular weight excluding hydrogens is 344 g/mol. The molecule has 6 heteroatoms. The van der Waals surface area contributed by atoms with Crippen molar-refractivity contribution in [3.63, 3.8) is 0 Å². The number of aliphatic carboxylic acids is 1. The maximum Gasteiger partial charge on any atom is 0.326 e. The third-order valence-corrected chi connectivity index (χ3v) is 5.17. The summed E-state index contributed by atoms with van der Waals surface area (Å²) in [7, 11) is 0. The lowest BCUT2D eigenvalue weighted by Gasteiger charge is -2.27. The largest absolute Gasteiger partial charge is 0.480 e. The minimum Gasteiger partial charge on any atom is -0.480 e. The molecule has 0 saturated heterocycles. The first-order valence-electron chi connectivity index (χ1n) is 9.15. The summed E-state index contributed by atoms with van der Waals surface area (Å²) >= 11 is 0. The summed E-state index contributed by atoms with van der Waals surface area (Å²) in [5.41, 5.74) is 1.14. The van der Waals surface area contributed by atoms with Crippen LogP contribution in [0, 0.1) is 5.92 Å². The number of hydrogen-bond acceptors (Lipinski definition) is 3. The zero-order valence-electron chi connectivity index (χ0n) is 15.5. The van der Waals surface area contributed by atoms with Crippen LogP contribution in [-0.2, 0) is 14.4 Å². The number of nitrogens with zero attached hydrogens (tertiary/aromatic N) is 1. The molecule has 3 atom stereocenters. The van der Waals surface area contributed by atoms with Crippen molar-refractivity contribution in [1.29, 1.82) is 0 Å². The number of fused-ring (bicyclic) bond motifs is 1. The molecule has 0 aromatic heterocycles. The lowest BCUT2D eigenvalue weighted by Crippen LogP contribution is -2.47. The lowest BCUT2D eigenvalue weighted by molar-refractivity contribution is -0.150. The van der Waals surface area contributed by atoms with Gasteiger partial charge in [-0.05, 0) is 35.6 Å². The second kappa shape index (κ2) is 7.78. The van der Waals surface area contributed by atoms with Gasteiger partial charge in [0, 0.05) is 25.9 Å². The number of hydrogen-bond donors (Lipinski definition) is 2. The minimum absolute atomic E-state index is 0.105. The maximum atomic E-state index is 13.0. The van der Waals surface area contributed by atoms with E-state index in [1.807, 2.05) is 36.4 Å². The molecule has 1 saturated carbocycles. The Morgan fingerprint density at radius 2 is 1.89 bits per heavy atom. The van der Waals surface area contributed by atoms with Crippen molar-refractivity contribution in [3.8, 4) is 0 Å². The Kier molecular flexibility index (Phi) is 5.44. The number of carbonyl (C=O) groups is 3. The van der Waals surface area contributed by atoms with E-state index in [2.05, 4.69) is 11.4 Å². The van der Waals surface area contributed by atoms with Crippen LogP contribution >= 0.6 is 0 Å². The molecule has 3 rings (SSSR count). The summed E-state index contributed by atoms with van der Waals surface area (Å²) in [6, 6.07) is 13.2. The lowest BCUT2D eigenvalue weighted by atomic mass is 10.00. The Balaban J connectivity index is 1.77. The van der Waals surface area contributed by atoms with Crippen molar-refractivity contribution >= 4 is 28.6 Å². The Morgan fingerprint density at radius 1 is 1.19 bits per heavy atom. The quantitative estimate of drug-likeness (QED) is 0.786. The molecule has 2 amide bonds. The van der Waals surface area contributed by atoms with Gasteiger partial charge in [0.25, 0.3) is 0 Å². The highest BCUT2D eigenvalue weighted by molar-refractivity contribution is 5.91. The summed E-state index contributed by atoms with van der Waals surface area (Å²) in [5.74, 6) is -1.52. The topological polar surface area (TPSA) is 86.7 Å². The van der Waals surface area contributed by atoms with Gasteiger partial charge in [0.1, 0.15) is 6.04 Å². The van der Waals surface area contributed by atoms with Crippen LogP contribution in [0.25, 0.3) is 10.8 Å². The molecule has 27 heavy (non-hydrogen) atoms. The zero-order valence-corrected chi connectivity index (χ0v) is 15.5. The third kappa shape index (κ3) is 4.10. The molecular formula is C21H24N2O4. The van der Waals surface area contributed by atoms with Crippen LogP contribution in [0.2, 0.25) is 0 Å². The van der Waals surface area contributed by atoms with E-state index in [1.54, 1.807) is 0 Å². The van der Waals surface area contributed by atoms with Crippen molar-refractivity contribution in [1.82, 2.24) is 10.2 Å². The van der Waals surface area contributed by atoms with Crippen LogP contribution in [0.5, 0.6) is 0 Å². The van der Waals surface area contributed by atoms with E-state index in [0.29, 0.717) is 0 Å². The van der Waals surface area contributed by atoms with E-state index in [1.165, 1.54) is 18.7 Å². The second-order valence-corrected chi connectivity index (χ2v) is 7.05. The second-order valence-electron chi connectivity index (χ2n) is 7.05. The van der Waals surface area contributed by atoms with Crippen molar-refractivity contribution in [2.75, 3.05) is 13.1 Å². The summed E-state index contributed by atoms with van der Waals surface area (Å²) in [5, 5.41) is 14.2. The molecule has 0 radical (unpaired) electrons. The van der Waals surface area contributed by atoms with Gasteiger partial charge in [-0.25, -0.2) is 4.79 Å². The number of carboxylic acids is 1. The average Bonchev–Trinajstić information content (AvgIpc) is 3.44. The summed E-state index contributed by atoms with van der Waals surface area (Å²) < 4.78 is 0. The molecule has 3 unspecified atom stereocenters. The van der Waals surface area contributed by atoms with Crippen LogP contribution < -0.4 is 5.32 Å². The molecule has 1 aliphatic carbocycles. The molecule has 6 nitrogen and oxygen atoms in total. The van der Waals surface area contributed by atoms with Gasteiger partial charge in [-0.1, -0.05) is 42.5 Å². The van der Waals surface area contributed by atoms with E-state index in [9.17, 15) is 19.5 Å².